The molecule has 4 rings (SSSR count). The van der Waals surface area contributed by atoms with Gasteiger partial charge in [0.05, 0.1) is 0 Å². The maximum Gasteiger partial charge on any atom is 0.511 e. The predicted molar refractivity (Wildman–Crippen MR) is 133 cm³/mol. The fraction of sp³-hybridized carbons (Fsp3) is 0.185. The van der Waals surface area contributed by atoms with Crippen LogP contribution in [0, 0.1) is 5.82 Å². The molecule has 0 aliphatic carbocycles. The number of pyridine rings is 1. The summed E-state index contributed by atoms with van der Waals surface area (Å²) in [7, 11) is 0. The number of hydrogen-bond acceptors (Lipinski definition) is 5. The second-order valence-corrected chi connectivity index (χ2v) is 8.92. The Balaban J connectivity index is 1.46. The number of allylic oxidation sites excluding steroid dienone is 1. The zero-order valence-electron chi connectivity index (χ0n) is 18.6. The Labute approximate surface area is 202 Å². The van der Waals surface area contributed by atoms with Gasteiger partial charge in [-0.2, -0.15) is 0 Å². The SMILES string of the molecule is O=C(O)OC1=C(SCCCc2ccc(F)cc2)N(Cc2cccc(-c3ccncc3)c2)CC=C1. The number of thioether (sulfide) groups is 1. The van der Waals surface area contributed by atoms with Crippen molar-refractivity contribution in [2.45, 2.75) is 19.4 Å². The topological polar surface area (TPSA) is 62.7 Å². The highest BCUT2D eigenvalue weighted by Crippen LogP contribution is 2.31. The van der Waals surface area contributed by atoms with E-state index in [-0.39, 0.29) is 5.82 Å². The Morgan fingerprint density at radius 1 is 1.06 bits per heavy atom. The third-order valence-corrected chi connectivity index (χ3v) is 6.59. The molecule has 0 atom stereocenters. The lowest BCUT2D eigenvalue weighted by molar-refractivity contribution is 0.119. The van der Waals surface area contributed by atoms with Crippen molar-refractivity contribution in [3.63, 3.8) is 0 Å². The van der Waals surface area contributed by atoms with Gasteiger partial charge < -0.3 is 14.7 Å². The number of aromatic nitrogens is 1. The van der Waals surface area contributed by atoms with Crippen LogP contribution in [0.5, 0.6) is 0 Å². The highest BCUT2D eigenvalue weighted by Gasteiger charge is 2.21. The third-order valence-electron chi connectivity index (χ3n) is 5.37. The first-order valence-corrected chi connectivity index (χ1v) is 12.0. The Bertz CT molecular complexity index is 1180. The lowest BCUT2D eigenvalue weighted by atomic mass is 10.0. The number of carboxylic acid groups (broad SMARTS) is 1. The molecule has 1 aliphatic rings. The van der Waals surface area contributed by atoms with Crippen molar-refractivity contribution in [1.29, 1.82) is 0 Å². The molecule has 0 unspecified atom stereocenters. The van der Waals surface area contributed by atoms with Crippen LogP contribution in [-0.2, 0) is 17.7 Å². The quantitative estimate of drug-likeness (QED) is 0.281. The summed E-state index contributed by atoms with van der Waals surface area (Å²) in [6.45, 7) is 1.28. The summed E-state index contributed by atoms with van der Waals surface area (Å²) in [4.78, 5) is 17.5. The van der Waals surface area contributed by atoms with Gasteiger partial charge in [-0.05, 0) is 77.3 Å². The lowest BCUT2D eigenvalue weighted by Gasteiger charge is -2.29. The molecule has 7 heteroatoms. The summed E-state index contributed by atoms with van der Waals surface area (Å²) in [6, 6.07) is 18.8. The number of ether oxygens (including phenoxy) is 1. The molecule has 3 aromatic rings. The van der Waals surface area contributed by atoms with Gasteiger partial charge in [0.2, 0.25) is 0 Å². The number of benzene rings is 2. The Kier molecular flexibility index (Phi) is 7.99. The molecule has 1 aliphatic heterocycles. The van der Waals surface area contributed by atoms with Gasteiger partial charge in [-0.25, -0.2) is 9.18 Å². The molecule has 1 aromatic heterocycles. The fourth-order valence-electron chi connectivity index (χ4n) is 3.78. The molecule has 1 N–H and O–H groups in total. The van der Waals surface area contributed by atoms with Gasteiger partial charge in [0.15, 0.2) is 5.76 Å². The second kappa shape index (κ2) is 11.5. The van der Waals surface area contributed by atoms with Crippen LogP contribution in [0.2, 0.25) is 0 Å². The van der Waals surface area contributed by atoms with E-state index < -0.39 is 6.16 Å². The minimum atomic E-state index is -1.33. The average molecular weight is 477 g/mol. The number of hydrogen-bond donors (Lipinski definition) is 1. The molecule has 5 nitrogen and oxygen atoms in total. The van der Waals surface area contributed by atoms with Crippen molar-refractivity contribution >= 4 is 17.9 Å². The van der Waals surface area contributed by atoms with E-state index >= 15 is 0 Å². The van der Waals surface area contributed by atoms with E-state index in [0.29, 0.717) is 18.8 Å². The predicted octanol–water partition coefficient (Wildman–Crippen LogP) is 6.49. The maximum atomic E-state index is 13.1. The second-order valence-electron chi connectivity index (χ2n) is 7.84. The van der Waals surface area contributed by atoms with Crippen LogP contribution in [0.4, 0.5) is 9.18 Å². The van der Waals surface area contributed by atoms with E-state index in [4.69, 9.17) is 4.74 Å². The smallest absolute Gasteiger partial charge is 0.449 e. The molecule has 2 aromatic carbocycles. The van der Waals surface area contributed by atoms with Crippen molar-refractivity contribution in [2.75, 3.05) is 12.3 Å². The molecule has 0 bridgehead atoms. The van der Waals surface area contributed by atoms with Gasteiger partial charge in [-0.15, -0.1) is 11.8 Å². The number of nitrogens with zero attached hydrogens (tertiary/aromatic N) is 2. The zero-order valence-corrected chi connectivity index (χ0v) is 19.4. The van der Waals surface area contributed by atoms with Crippen LogP contribution < -0.4 is 0 Å². The lowest BCUT2D eigenvalue weighted by Crippen LogP contribution is -2.26. The monoisotopic (exact) mass is 476 g/mol. The van der Waals surface area contributed by atoms with Crippen molar-refractivity contribution in [1.82, 2.24) is 9.88 Å². The average Bonchev–Trinajstić information content (AvgIpc) is 2.84. The summed E-state index contributed by atoms with van der Waals surface area (Å²) in [5.74, 6) is 0.882. The molecule has 0 radical (unpaired) electrons. The van der Waals surface area contributed by atoms with Crippen LogP contribution in [0.3, 0.4) is 0 Å². The summed E-state index contributed by atoms with van der Waals surface area (Å²) < 4.78 is 18.2. The molecule has 34 heavy (non-hydrogen) atoms. The number of carbonyl (C=O) groups is 1. The van der Waals surface area contributed by atoms with Gasteiger partial charge in [-0.3, -0.25) is 4.98 Å². The van der Waals surface area contributed by atoms with Crippen molar-refractivity contribution < 1.29 is 19.0 Å². The Hall–Kier alpha value is -3.58. The first-order valence-electron chi connectivity index (χ1n) is 11.0. The van der Waals surface area contributed by atoms with Crippen molar-refractivity contribution in [3.05, 3.63) is 113 Å². The van der Waals surface area contributed by atoms with E-state index in [1.807, 2.05) is 24.3 Å². The van der Waals surface area contributed by atoms with Crippen molar-refractivity contribution in [3.8, 4) is 11.1 Å². The van der Waals surface area contributed by atoms with Crippen LogP contribution in [-0.4, -0.2) is 33.4 Å². The van der Waals surface area contributed by atoms with Crippen LogP contribution >= 0.6 is 11.8 Å². The minimum Gasteiger partial charge on any atom is -0.449 e. The highest BCUT2D eigenvalue weighted by molar-refractivity contribution is 8.03. The van der Waals surface area contributed by atoms with E-state index in [1.165, 1.54) is 12.1 Å². The molecule has 0 amide bonds. The first kappa shape index (κ1) is 23.6. The van der Waals surface area contributed by atoms with Crippen LogP contribution in [0.1, 0.15) is 17.5 Å². The van der Waals surface area contributed by atoms with Crippen LogP contribution in [0.25, 0.3) is 11.1 Å². The molecule has 0 saturated heterocycles. The summed E-state index contributed by atoms with van der Waals surface area (Å²) in [5.41, 5.74) is 4.39. The summed E-state index contributed by atoms with van der Waals surface area (Å²) >= 11 is 1.58. The Morgan fingerprint density at radius 3 is 2.62 bits per heavy atom. The minimum absolute atomic E-state index is 0.239. The fourth-order valence-corrected chi connectivity index (χ4v) is 4.83. The molecule has 0 saturated carbocycles. The van der Waals surface area contributed by atoms with E-state index in [0.717, 1.165) is 45.9 Å². The summed E-state index contributed by atoms with van der Waals surface area (Å²) in [6.07, 6.45) is 7.54. The number of halogens is 1. The highest BCUT2D eigenvalue weighted by atomic mass is 32.2. The normalized spacial score (nSPS) is 13.3. The van der Waals surface area contributed by atoms with Crippen molar-refractivity contribution in [2.24, 2.45) is 0 Å². The zero-order chi connectivity index (χ0) is 23.8. The standard InChI is InChI=1S/C27H25FN2O3S/c28-24-10-8-20(9-11-24)5-3-17-34-26-25(33-27(31)32)7-2-16-30(26)19-21-4-1-6-23(18-21)22-12-14-29-15-13-22/h1-2,4,6-15,18H,3,5,16-17,19H2,(H,31,32). The molecule has 2 heterocycles. The van der Waals surface area contributed by atoms with E-state index in [2.05, 4.69) is 28.1 Å². The molecular weight excluding hydrogens is 451 g/mol. The Morgan fingerprint density at radius 2 is 1.85 bits per heavy atom. The van der Waals surface area contributed by atoms with Crippen LogP contribution in [0.15, 0.2) is 96.0 Å². The number of rotatable bonds is 9. The largest absolute Gasteiger partial charge is 0.511 e. The summed E-state index contributed by atoms with van der Waals surface area (Å²) in [5, 5.41) is 10.0. The molecule has 174 valence electrons. The van der Waals surface area contributed by atoms with E-state index in [1.54, 1.807) is 42.4 Å². The van der Waals surface area contributed by atoms with Gasteiger partial charge in [-0.1, -0.05) is 36.4 Å². The maximum absolute atomic E-state index is 13.1. The number of aryl methyl sites for hydroxylation is 1. The molecular formula is C27H25FN2O3S. The van der Waals surface area contributed by atoms with Gasteiger partial charge in [0, 0.05) is 25.5 Å². The molecule has 0 spiro atoms. The van der Waals surface area contributed by atoms with E-state index in [9.17, 15) is 14.3 Å². The van der Waals surface area contributed by atoms with Gasteiger partial charge in [0.1, 0.15) is 10.8 Å². The van der Waals surface area contributed by atoms with Gasteiger partial charge >= 0.3 is 6.16 Å². The first-order chi connectivity index (χ1) is 16.6. The molecule has 0 fully saturated rings. The third kappa shape index (κ3) is 6.48. The van der Waals surface area contributed by atoms with Gasteiger partial charge in [0.25, 0.3) is 0 Å².